The lowest BCUT2D eigenvalue weighted by molar-refractivity contribution is -0.302. The van der Waals surface area contributed by atoms with Crippen molar-refractivity contribution in [3.8, 4) is 0 Å². The molecule has 7 unspecified atom stereocenters. The van der Waals surface area contributed by atoms with Gasteiger partial charge in [0.15, 0.2) is 6.29 Å². The van der Waals surface area contributed by atoms with Gasteiger partial charge in [-0.1, -0.05) is 214 Å². The third-order valence-corrected chi connectivity index (χ3v) is 12.4. The van der Waals surface area contributed by atoms with Crippen LogP contribution in [0.15, 0.2) is 85.1 Å². The molecule has 0 aliphatic carbocycles. The number of hydrogen-bond donors (Lipinski definition) is 6. The Labute approximate surface area is 410 Å². The molecule has 386 valence electrons. The number of allylic oxidation sites excluding steroid dienone is 13. The van der Waals surface area contributed by atoms with Gasteiger partial charge in [-0.3, -0.25) is 4.79 Å². The third kappa shape index (κ3) is 36.9. The van der Waals surface area contributed by atoms with E-state index in [0.29, 0.717) is 6.42 Å². The zero-order chi connectivity index (χ0) is 48.7. The van der Waals surface area contributed by atoms with E-state index in [-0.39, 0.29) is 12.5 Å². The van der Waals surface area contributed by atoms with E-state index in [1.165, 1.54) is 122 Å². The molecule has 0 aromatic rings. The summed E-state index contributed by atoms with van der Waals surface area (Å²) in [6.07, 6.45) is 59.2. The Balaban J connectivity index is 2.26. The molecule has 6 N–H and O–H groups in total. The molecular formula is C58H101NO8. The SMILES string of the molecule is CC/C=C\C/C=C\C/C=C\C/C=C\CCCCCCCCCCCCCCCCC(=O)NC(COC1OC(CO)C(O)C(O)C1O)C(O)/C=C/CC/C=C/CC/C=C/CCCCCCCCC. The molecular weight excluding hydrogens is 839 g/mol. The molecule has 1 saturated heterocycles. The lowest BCUT2D eigenvalue weighted by atomic mass is 9.99. The van der Waals surface area contributed by atoms with Crippen LogP contribution in [0.5, 0.6) is 0 Å². The summed E-state index contributed by atoms with van der Waals surface area (Å²) in [5, 5.41) is 54.4. The Hall–Kier alpha value is -2.63. The first-order chi connectivity index (χ1) is 32.8. The number of nitrogens with one attached hydrogen (secondary N) is 1. The molecule has 1 rings (SSSR count). The molecule has 67 heavy (non-hydrogen) atoms. The van der Waals surface area contributed by atoms with Crippen molar-refractivity contribution >= 4 is 5.91 Å². The molecule has 9 heteroatoms. The molecule has 0 spiro atoms. The lowest BCUT2D eigenvalue weighted by Crippen LogP contribution is -2.60. The normalized spacial score (nSPS) is 20.4. The minimum atomic E-state index is -1.58. The highest BCUT2D eigenvalue weighted by molar-refractivity contribution is 5.76. The average Bonchev–Trinajstić information content (AvgIpc) is 3.33. The van der Waals surface area contributed by atoms with Crippen molar-refractivity contribution in [2.45, 2.75) is 262 Å². The van der Waals surface area contributed by atoms with E-state index in [0.717, 1.165) is 77.0 Å². The Morgan fingerprint density at radius 2 is 0.940 bits per heavy atom. The second-order valence-electron chi connectivity index (χ2n) is 18.6. The van der Waals surface area contributed by atoms with Crippen molar-refractivity contribution in [2.75, 3.05) is 13.2 Å². The first-order valence-electron chi connectivity index (χ1n) is 27.3. The van der Waals surface area contributed by atoms with Crippen LogP contribution in [0, 0.1) is 0 Å². The van der Waals surface area contributed by atoms with Crippen LogP contribution >= 0.6 is 0 Å². The zero-order valence-electron chi connectivity index (χ0n) is 42.6. The highest BCUT2D eigenvalue weighted by atomic mass is 16.7. The quantitative estimate of drug-likeness (QED) is 0.0261. The maximum absolute atomic E-state index is 13.0. The van der Waals surface area contributed by atoms with E-state index < -0.39 is 49.5 Å². The van der Waals surface area contributed by atoms with Crippen LogP contribution in [0.3, 0.4) is 0 Å². The number of unbranched alkanes of at least 4 members (excludes halogenated alkanes) is 23. The molecule has 9 nitrogen and oxygen atoms in total. The molecule has 0 aromatic heterocycles. The predicted molar refractivity (Wildman–Crippen MR) is 281 cm³/mol. The molecule has 0 radical (unpaired) electrons. The maximum Gasteiger partial charge on any atom is 0.220 e. The van der Waals surface area contributed by atoms with Crippen molar-refractivity contribution in [1.82, 2.24) is 5.32 Å². The Bertz CT molecular complexity index is 1320. The minimum absolute atomic E-state index is 0.194. The molecule has 1 aliphatic rings. The van der Waals surface area contributed by atoms with Crippen molar-refractivity contribution in [3.05, 3.63) is 85.1 Å². The fourth-order valence-electron chi connectivity index (χ4n) is 8.12. The summed E-state index contributed by atoms with van der Waals surface area (Å²) in [4.78, 5) is 13.0. The topological polar surface area (TPSA) is 149 Å². The van der Waals surface area contributed by atoms with Gasteiger partial charge in [0.25, 0.3) is 0 Å². The van der Waals surface area contributed by atoms with Gasteiger partial charge < -0.3 is 40.3 Å². The number of aliphatic hydroxyl groups is 5. The van der Waals surface area contributed by atoms with Gasteiger partial charge in [0, 0.05) is 6.42 Å². The Morgan fingerprint density at radius 1 is 0.522 bits per heavy atom. The van der Waals surface area contributed by atoms with Gasteiger partial charge in [0.2, 0.25) is 5.91 Å². The number of ether oxygens (including phenoxy) is 2. The maximum atomic E-state index is 13.0. The van der Waals surface area contributed by atoms with E-state index in [1.54, 1.807) is 6.08 Å². The number of aliphatic hydroxyl groups excluding tert-OH is 5. The van der Waals surface area contributed by atoms with Gasteiger partial charge in [-0.2, -0.15) is 0 Å². The van der Waals surface area contributed by atoms with E-state index in [1.807, 2.05) is 6.08 Å². The molecule has 1 amide bonds. The second kappa shape index (κ2) is 47.1. The number of carbonyl (C=O) groups excluding carboxylic acids is 1. The van der Waals surface area contributed by atoms with Crippen LogP contribution in [-0.2, 0) is 14.3 Å². The third-order valence-electron chi connectivity index (χ3n) is 12.4. The number of carbonyl (C=O) groups is 1. The molecule has 0 bridgehead atoms. The summed E-state index contributed by atoms with van der Waals surface area (Å²) in [6.45, 7) is 3.63. The molecule has 0 saturated carbocycles. The first kappa shape index (κ1) is 62.4. The first-order valence-corrected chi connectivity index (χ1v) is 27.3. The van der Waals surface area contributed by atoms with Crippen molar-refractivity contribution in [3.63, 3.8) is 0 Å². The molecule has 0 aromatic carbocycles. The summed E-state index contributed by atoms with van der Waals surface area (Å²) in [5.74, 6) is -0.194. The van der Waals surface area contributed by atoms with Crippen LogP contribution in [0.2, 0.25) is 0 Å². The zero-order valence-corrected chi connectivity index (χ0v) is 42.6. The lowest BCUT2D eigenvalue weighted by Gasteiger charge is -2.40. The van der Waals surface area contributed by atoms with Crippen LogP contribution in [-0.4, -0.2) is 87.5 Å². The van der Waals surface area contributed by atoms with Crippen molar-refractivity contribution < 1.29 is 39.8 Å². The fourth-order valence-corrected chi connectivity index (χ4v) is 8.12. The van der Waals surface area contributed by atoms with Gasteiger partial charge >= 0.3 is 0 Å². The second-order valence-corrected chi connectivity index (χ2v) is 18.6. The van der Waals surface area contributed by atoms with Gasteiger partial charge in [-0.15, -0.1) is 0 Å². The number of rotatable bonds is 45. The summed E-state index contributed by atoms with van der Waals surface area (Å²) >= 11 is 0. The Kier molecular flexibility index (Phi) is 43.8. The molecule has 1 fully saturated rings. The van der Waals surface area contributed by atoms with Crippen LogP contribution in [0.4, 0.5) is 0 Å². The van der Waals surface area contributed by atoms with E-state index in [2.05, 4.69) is 92.1 Å². The number of hydrogen-bond acceptors (Lipinski definition) is 8. The molecule has 1 aliphatic heterocycles. The molecule has 1 heterocycles. The molecule has 7 atom stereocenters. The number of amides is 1. The standard InChI is InChI=1S/C58H101NO8/c1-3-5-7-9-11-13-15-17-19-21-22-23-24-25-26-27-28-29-30-32-34-36-38-40-42-44-46-48-54(62)59-51(50-66-58-57(65)56(64)55(63)53(49-60)67-58)52(61)47-45-43-41-39-37-35-33-31-20-18-16-14-12-10-8-6-4-2/h5,7,11,13,17,19-20,22-23,31,37,39,45,47,51-53,55-58,60-61,63-65H,3-4,6,8-10,12,14-16,18,21,24-30,32-36,38,40-44,46,48-50H2,1-2H3,(H,59,62)/b7-5-,13-11-,19-17-,23-22-,31-20+,39-37+,47-45+. The van der Waals surface area contributed by atoms with Gasteiger partial charge in [-0.25, -0.2) is 0 Å². The average molecular weight is 940 g/mol. The van der Waals surface area contributed by atoms with E-state index >= 15 is 0 Å². The summed E-state index contributed by atoms with van der Waals surface area (Å²) in [5.41, 5.74) is 0. The highest BCUT2D eigenvalue weighted by Gasteiger charge is 2.44. The highest BCUT2D eigenvalue weighted by Crippen LogP contribution is 2.23. The smallest absolute Gasteiger partial charge is 0.220 e. The largest absolute Gasteiger partial charge is 0.394 e. The fraction of sp³-hybridized carbons (Fsp3) is 0.741. The van der Waals surface area contributed by atoms with Crippen LogP contribution < -0.4 is 5.32 Å². The Morgan fingerprint density at radius 3 is 1.43 bits per heavy atom. The van der Waals surface area contributed by atoms with Gasteiger partial charge in [0.1, 0.15) is 24.4 Å². The van der Waals surface area contributed by atoms with Crippen LogP contribution in [0.25, 0.3) is 0 Å². The summed E-state index contributed by atoms with van der Waals surface area (Å²) < 4.78 is 11.2. The van der Waals surface area contributed by atoms with Gasteiger partial charge in [-0.05, 0) is 83.5 Å². The van der Waals surface area contributed by atoms with Crippen molar-refractivity contribution in [2.24, 2.45) is 0 Å². The van der Waals surface area contributed by atoms with E-state index in [9.17, 15) is 30.3 Å². The minimum Gasteiger partial charge on any atom is -0.394 e. The van der Waals surface area contributed by atoms with Crippen LogP contribution in [0.1, 0.15) is 219 Å². The summed E-state index contributed by atoms with van der Waals surface area (Å²) in [7, 11) is 0. The van der Waals surface area contributed by atoms with Gasteiger partial charge in [0.05, 0.1) is 25.4 Å². The van der Waals surface area contributed by atoms with Crippen molar-refractivity contribution in [1.29, 1.82) is 0 Å². The predicted octanol–water partition coefficient (Wildman–Crippen LogP) is 13.1. The van der Waals surface area contributed by atoms with E-state index in [4.69, 9.17) is 9.47 Å². The monoisotopic (exact) mass is 940 g/mol. The summed E-state index contributed by atoms with van der Waals surface area (Å²) in [6, 6.07) is -0.832.